The van der Waals surface area contributed by atoms with Gasteiger partial charge in [-0.15, -0.1) is 0 Å². The highest BCUT2D eigenvalue weighted by Crippen LogP contribution is 2.33. The second-order valence-electron chi connectivity index (χ2n) is 8.90. The molecule has 1 aliphatic rings. The van der Waals surface area contributed by atoms with Gasteiger partial charge in [0.25, 0.3) is 0 Å². The second kappa shape index (κ2) is 8.84. The van der Waals surface area contributed by atoms with Gasteiger partial charge in [0, 0.05) is 0 Å². The maximum Gasteiger partial charge on any atom is 0.113 e. The van der Waals surface area contributed by atoms with Crippen LogP contribution in [-0.2, 0) is 16.6 Å². The Morgan fingerprint density at radius 3 is 2.20 bits per heavy atom. The molecule has 0 unspecified atom stereocenters. The van der Waals surface area contributed by atoms with Crippen molar-refractivity contribution in [1.82, 2.24) is 0 Å². The topological polar surface area (TPSA) is 114 Å². The Morgan fingerprint density at radius 1 is 0.967 bits per heavy atom. The molecule has 6 heteroatoms. The van der Waals surface area contributed by atoms with E-state index in [9.17, 15) is 25.7 Å². The van der Waals surface area contributed by atoms with Crippen LogP contribution in [0.5, 0.6) is 0 Å². The van der Waals surface area contributed by atoms with Crippen molar-refractivity contribution in [1.29, 1.82) is 5.26 Å². The van der Waals surface area contributed by atoms with Gasteiger partial charge in [-0.3, -0.25) is 0 Å². The van der Waals surface area contributed by atoms with Crippen molar-refractivity contribution in [2.75, 3.05) is 6.61 Å². The van der Waals surface area contributed by atoms with Crippen LogP contribution in [0.4, 0.5) is 0 Å². The van der Waals surface area contributed by atoms with Gasteiger partial charge in [-0.1, -0.05) is 57.2 Å². The van der Waals surface area contributed by atoms with E-state index in [1.807, 2.05) is 12.1 Å². The molecule has 0 radical (unpaired) electrons. The molecule has 1 fully saturated rings. The Balaban J connectivity index is 1.90. The molecule has 0 saturated carbocycles. The summed E-state index contributed by atoms with van der Waals surface area (Å²) < 4.78 is 5.66. The van der Waals surface area contributed by atoms with Crippen molar-refractivity contribution in [2.24, 2.45) is 0 Å². The van der Waals surface area contributed by atoms with E-state index in [2.05, 4.69) is 39.0 Å². The fraction of sp³-hybridized carbons (Fsp3) is 0.458. The molecule has 0 aliphatic carbocycles. The van der Waals surface area contributed by atoms with E-state index in [4.69, 9.17) is 4.74 Å². The van der Waals surface area contributed by atoms with E-state index < -0.39 is 37.1 Å². The number of aliphatic hydroxyl groups is 4. The van der Waals surface area contributed by atoms with Gasteiger partial charge in [0.2, 0.25) is 0 Å². The minimum atomic E-state index is -1.44. The Kier molecular flexibility index (Phi) is 6.61. The maximum absolute atomic E-state index is 10.4. The van der Waals surface area contributed by atoms with Crippen LogP contribution in [0.2, 0.25) is 0 Å². The smallest absolute Gasteiger partial charge is 0.113 e. The molecule has 0 aromatic heterocycles. The lowest BCUT2D eigenvalue weighted by molar-refractivity contribution is -0.231. The quantitative estimate of drug-likeness (QED) is 0.612. The zero-order chi connectivity index (χ0) is 22.1. The summed E-state index contributed by atoms with van der Waals surface area (Å²) in [7, 11) is 0. The normalized spacial score (nSPS) is 26.9. The first-order chi connectivity index (χ1) is 14.2. The molecular weight excluding hydrogens is 382 g/mol. The van der Waals surface area contributed by atoms with E-state index in [0.29, 0.717) is 17.5 Å². The van der Waals surface area contributed by atoms with Gasteiger partial charge in [0.05, 0.1) is 18.2 Å². The van der Waals surface area contributed by atoms with Gasteiger partial charge in [0.1, 0.15) is 30.5 Å². The summed E-state index contributed by atoms with van der Waals surface area (Å²) in [6.07, 6.45) is -5.56. The van der Waals surface area contributed by atoms with Gasteiger partial charge in [-0.25, -0.2) is 0 Å². The minimum absolute atomic E-state index is 0.0549. The largest absolute Gasteiger partial charge is 0.394 e. The highest BCUT2D eigenvalue weighted by Gasteiger charge is 2.44. The number of benzene rings is 2. The predicted octanol–water partition coefficient (Wildman–Crippen LogP) is 1.96. The lowest BCUT2D eigenvalue weighted by Crippen LogP contribution is -2.55. The maximum atomic E-state index is 10.4. The van der Waals surface area contributed by atoms with Crippen LogP contribution in [0.3, 0.4) is 0 Å². The number of hydrogen-bond acceptors (Lipinski definition) is 6. The highest BCUT2D eigenvalue weighted by atomic mass is 16.5. The Hall–Kier alpha value is -2.27. The van der Waals surface area contributed by atoms with Crippen molar-refractivity contribution in [3.8, 4) is 6.07 Å². The third-order valence-corrected chi connectivity index (χ3v) is 5.69. The van der Waals surface area contributed by atoms with Crippen LogP contribution in [0, 0.1) is 11.3 Å². The van der Waals surface area contributed by atoms with Crippen molar-refractivity contribution in [3.63, 3.8) is 0 Å². The lowest BCUT2D eigenvalue weighted by Gasteiger charge is -2.40. The van der Waals surface area contributed by atoms with Crippen LogP contribution in [0.15, 0.2) is 42.5 Å². The van der Waals surface area contributed by atoms with Gasteiger partial charge in [-0.05, 0) is 40.2 Å². The number of hydrogen-bond donors (Lipinski definition) is 4. The lowest BCUT2D eigenvalue weighted by atomic mass is 9.86. The summed E-state index contributed by atoms with van der Waals surface area (Å²) >= 11 is 0. The fourth-order valence-corrected chi connectivity index (χ4v) is 3.77. The van der Waals surface area contributed by atoms with Crippen LogP contribution in [0.1, 0.15) is 54.7 Å². The molecule has 5 atom stereocenters. The van der Waals surface area contributed by atoms with E-state index in [0.717, 1.165) is 11.1 Å². The summed E-state index contributed by atoms with van der Waals surface area (Å²) in [6, 6.07) is 15.6. The van der Waals surface area contributed by atoms with Crippen LogP contribution >= 0.6 is 0 Å². The molecule has 3 rings (SSSR count). The molecule has 1 aliphatic heterocycles. The molecule has 1 saturated heterocycles. The monoisotopic (exact) mass is 411 g/mol. The summed E-state index contributed by atoms with van der Waals surface area (Å²) in [5.41, 5.74) is 4.19. The van der Waals surface area contributed by atoms with Gasteiger partial charge in [-0.2, -0.15) is 5.26 Å². The summed E-state index contributed by atoms with van der Waals surface area (Å²) in [4.78, 5) is 0. The van der Waals surface area contributed by atoms with E-state index in [1.54, 1.807) is 18.2 Å². The molecule has 0 spiro atoms. The van der Waals surface area contributed by atoms with Gasteiger partial charge in [0.15, 0.2) is 0 Å². The van der Waals surface area contributed by atoms with E-state index >= 15 is 0 Å². The van der Waals surface area contributed by atoms with Gasteiger partial charge >= 0.3 is 0 Å². The SMILES string of the molecule is CC(C)(C)c1ccc(Cc2cc([C@@H]3O[C@H](CO)[C@@H](O)[C@H](O)[C@H]3O)ccc2C#N)cc1. The molecular formula is C24H29NO5. The Labute approximate surface area is 177 Å². The third kappa shape index (κ3) is 4.56. The molecule has 0 bridgehead atoms. The predicted molar refractivity (Wildman–Crippen MR) is 112 cm³/mol. The number of ether oxygens (including phenoxy) is 1. The molecule has 4 N–H and O–H groups in total. The first kappa shape index (κ1) is 22.4. The van der Waals surface area contributed by atoms with Crippen molar-refractivity contribution in [2.45, 2.75) is 63.1 Å². The highest BCUT2D eigenvalue weighted by molar-refractivity contribution is 5.44. The van der Waals surface area contributed by atoms with Crippen molar-refractivity contribution < 1.29 is 25.2 Å². The molecule has 2 aromatic carbocycles. The van der Waals surface area contributed by atoms with Crippen molar-refractivity contribution in [3.05, 3.63) is 70.3 Å². The molecule has 30 heavy (non-hydrogen) atoms. The molecule has 1 heterocycles. The van der Waals surface area contributed by atoms with Crippen molar-refractivity contribution >= 4 is 0 Å². The summed E-state index contributed by atoms with van der Waals surface area (Å²) in [5, 5.41) is 49.4. The average molecular weight is 411 g/mol. The first-order valence-corrected chi connectivity index (χ1v) is 10.1. The number of rotatable bonds is 4. The Morgan fingerprint density at radius 2 is 1.63 bits per heavy atom. The molecule has 6 nitrogen and oxygen atoms in total. The van der Waals surface area contributed by atoms with E-state index in [-0.39, 0.29) is 5.41 Å². The standard InChI is InChI=1S/C24H29NO5/c1-24(2,3)18-8-4-14(5-9-18)10-17-11-15(6-7-16(17)12-25)23-22(29)21(28)20(27)19(13-26)30-23/h4-9,11,19-23,26-29H,10,13H2,1-3H3/t19-,20-,21+,22-,23+/m1/s1. The van der Waals surface area contributed by atoms with Crippen LogP contribution < -0.4 is 0 Å². The molecule has 0 amide bonds. The zero-order valence-corrected chi connectivity index (χ0v) is 17.5. The second-order valence-corrected chi connectivity index (χ2v) is 8.90. The van der Waals surface area contributed by atoms with Crippen LogP contribution in [-0.4, -0.2) is 51.4 Å². The fourth-order valence-electron chi connectivity index (χ4n) is 3.77. The number of nitriles is 1. The molecule has 160 valence electrons. The number of aliphatic hydroxyl groups excluding tert-OH is 4. The Bertz CT molecular complexity index is 911. The summed E-state index contributed by atoms with van der Waals surface area (Å²) in [5.74, 6) is 0. The first-order valence-electron chi connectivity index (χ1n) is 10.1. The number of nitrogens with zero attached hydrogens (tertiary/aromatic N) is 1. The summed E-state index contributed by atoms with van der Waals surface area (Å²) in [6.45, 7) is 5.98. The minimum Gasteiger partial charge on any atom is -0.394 e. The van der Waals surface area contributed by atoms with E-state index in [1.165, 1.54) is 5.56 Å². The molecule has 2 aromatic rings. The zero-order valence-electron chi connectivity index (χ0n) is 17.5. The van der Waals surface area contributed by atoms with Crippen LogP contribution in [0.25, 0.3) is 0 Å². The third-order valence-electron chi connectivity index (χ3n) is 5.69. The average Bonchev–Trinajstić information content (AvgIpc) is 2.72. The van der Waals surface area contributed by atoms with Gasteiger partial charge < -0.3 is 25.2 Å².